The fourth-order valence-electron chi connectivity index (χ4n) is 2.13. The highest BCUT2D eigenvalue weighted by Crippen LogP contribution is 2.10. The Hall–Kier alpha value is -2.41. The first kappa shape index (κ1) is 16.0. The Morgan fingerprint density at radius 3 is 2.91 bits per heavy atom. The summed E-state index contributed by atoms with van der Waals surface area (Å²) in [5.74, 6) is -0.496. The van der Waals surface area contributed by atoms with Crippen molar-refractivity contribution in [3.05, 3.63) is 29.8 Å². The van der Waals surface area contributed by atoms with Gasteiger partial charge in [-0.1, -0.05) is 6.07 Å². The lowest BCUT2D eigenvalue weighted by Gasteiger charge is -2.26. The molecular weight excluding hydrogens is 286 g/mol. The van der Waals surface area contributed by atoms with Gasteiger partial charge in [-0.3, -0.25) is 14.4 Å². The second-order valence-corrected chi connectivity index (χ2v) is 4.95. The van der Waals surface area contributed by atoms with Gasteiger partial charge in [0.2, 0.25) is 11.8 Å². The van der Waals surface area contributed by atoms with E-state index in [0.29, 0.717) is 37.5 Å². The molecule has 2 rings (SSSR count). The molecular formula is C15H19N3O4. The molecule has 118 valence electrons. The summed E-state index contributed by atoms with van der Waals surface area (Å²) in [5, 5.41) is 5.39. The van der Waals surface area contributed by atoms with Crippen LogP contribution in [0.4, 0.5) is 5.69 Å². The van der Waals surface area contributed by atoms with Crippen molar-refractivity contribution in [2.75, 3.05) is 38.2 Å². The van der Waals surface area contributed by atoms with Crippen LogP contribution in [0.15, 0.2) is 24.3 Å². The summed E-state index contributed by atoms with van der Waals surface area (Å²) in [5.41, 5.74) is 1.03. The summed E-state index contributed by atoms with van der Waals surface area (Å²) in [6, 6.07) is 6.69. The van der Waals surface area contributed by atoms with E-state index in [-0.39, 0.29) is 24.3 Å². The number of hydrogen-bond acceptors (Lipinski definition) is 4. The number of anilines is 1. The van der Waals surface area contributed by atoms with Gasteiger partial charge in [-0.05, 0) is 18.2 Å². The van der Waals surface area contributed by atoms with E-state index in [2.05, 4.69) is 10.6 Å². The molecule has 0 aromatic heterocycles. The van der Waals surface area contributed by atoms with Gasteiger partial charge in [0.05, 0.1) is 6.61 Å². The van der Waals surface area contributed by atoms with E-state index >= 15 is 0 Å². The molecule has 7 heteroatoms. The minimum atomic E-state index is -0.243. The van der Waals surface area contributed by atoms with E-state index in [4.69, 9.17) is 4.74 Å². The number of amides is 3. The molecule has 3 amide bonds. The highest BCUT2D eigenvalue weighted by molar-refractivity contribution is 5.96. The average Bonchev–Trinajstić information content (AvgIpc) is 2.48. The maximum absolute atomic E-state index is 12.1. The monoisotopic (exact) mass is 305 g/mol. The van der Waals surface area contributed by atoms with Crippen molar-refractivity contribution in [2.24, 2.45) is 0 Å². The van der Waals surface area contributed by atoms with E-state index in [9.17, 15) is 14.4 Å². The molecule has 0 atom stereocenters. The Kier molecular flexibility index (Phi) is 5.48. The summed E-state index contributed by atoms with van der Waals surface area (Å²) in [6.07, 6.45) is 0. The van der Waals surface area contributed by atoms with Gasteiger partial charge < -0.3 is 20.3 Å². The predicted molar refractivity (Wildman–Crippen MR) is 80.5 cm³/mol. The minimum absolute atomic E-state index is 0.0619. The van der Waals surface area contributed by atoms with Crippen LogP contribution in [0, 0.1) is 0 Å². The van der Waals surface area contributed by atoms with Crippen LogP contribution < -0.4 is 10.6 Å². The van der Waals surface area contributed by atoms with Crippen LogP contribution in [0.1, 0.15) is 17.3 Å². The number of nitrogens with zero attached hydrogens (tertiary/aromatic N) is 1. The van der Waals surface area contributed by atoms with Gasteiger partial charge in [-0.15, -0.1) is 0 Å². The molecule has 0 unspecified atom stereocenters. The predicted octanol–water partition coefficient (Wildman–Crippen LogP) is 0.234. The van der Waals surface area contributed by atoms with Crippen LogP contribution >= 0.6 is 0 Å². The SMILES string of the molecule is CC(=O)Nc1cccc(C(=O)NCCN2CCOCC2=O)c1. The first-order valence-corrected chi connectivity index (χ1v) is 7.07. The summed E-state index contributed by atoms with van der Waals surface area (Å²) < 4.78 is 5.04. The Balaban J connectivity index is 1.84. The number of benzene rings is 1. The third-order valence-corrected chi connectivity index (χ3v) is 3.20. The number of hydrogen-bond donors (Lipinski definition) is 2. The van der Waals surface area contributed by atoms with E-state index in [0.717, 1.165) is 0 Å². The van der Waals surface area contributed by atoms with Crippen molar-refractivity contribution in [3.8, 4) is 0 Å². The number of rotatable bonds is 5. The van der Waals surface area contributed by atoms with Gasteiger partial charge in [-0.2, -0.15) is 0 Å². The molecule has 1 aliphatic heterocycles. The summed E-state index contributed by atoms with van der Waals surface area (Å²) >= 11 is 0. The third kappa shape index (κ3) is 4.56. The molecule has 0 bridgehead atoms. The molecule has 1 heterocycles. The van der Waals surface area contributed by atoms with Crippen LogP contribution in [-0.2, 0) is 14.3 Å². The second kappa shape index (κ2) is 7.56. The van der Waals surface area contributed by atoms with Crippen LogP contribution in [0.3, 0.4) is 0 Å². The third-order valence-electron chi connectivity index (χ3n) is 3.20. The molecule has 1 aromatic rings. The van der Waals surface area contributed by atoms with Gasteiger partial charge in [0.1, 0.15) is 6.61 Å². The molecule has 2 N–H and O–H groups in total. The standard InChI is InChI=1S/C15H19N3O4/c1-11(19)17-13-4-2-3-12(9-13)15(21)16-5-6-18-7-8-22-10-14(18)20/h2-4,9H,5-8,10H2,1H3,(H,16,21)(H,17,19). The molecule has 22 heavy (non-hydrogen) atoms. The molecule has 7 nitrogen and oxygen atoms in total. The first-order chi connectivity index (χ1) is 10.6. The van der Waals surface area contributed by atoms with Gasteiger partial charge in [-0.25, -0.2) is 0 Å². The Morgan fingerprint density at radius 1 is 1.36 bits per heavy atom. The number of carbonyl (C=O) groups excluding carboxylic acids is 3. The Morgan fingerprint density at radius 2 is 2.18 bits per heavy atom. The minimum Gasteiger partial charge on any atom is -0.370 e. The molecule has 1 aliphatic rings. The maximum Gasteiger partial charge on any atom is 0.251 e. The van der Waals surface area contributed by atoms with Crippen molar-refractivity contribution in [3.63, 3.8) is 0 Å². The van der Waals surface area contributed by atoms with Crippen LogP contribution in [0.5, 0.6) is 0 Å². The van der Waals surface area contributed by atoms with Crippen LogP contribution in [0.2, 0.25) is 0 Å². The Bertz CT molecular complexity index is 574. The summed E-state index contributed by atoms with van der Waals surface area (Å²) in [6.45, 7) is 3.41. The van der Waals surface area contributed by atoms with Crippen molar-refractivity contribution in [1.29, 1.82) is 0 Å². The summed E-state index contributed by atoms with van der Waals surface area (Å²) in [4.78, 5) is 36.3. The average molecular weight is 305 g/mol. The Labute approximate surface area is 128 Å². The lowest BCUT2D eigenvalue weighted by molar-refractivity contribution is -0.142. The molecule has 0 aliphatic carbocycles. The van der Waals surface area contributed by atoms with E-state index in [1.807, 2.05) is 0 Å². The molecule has 0 spiro atoms. The topological polar surface area (TPSA) is 87.7 Å². The second-order valence-electron chi connectivity index (χ2n) is 4.95. The number of nitrogens with one attached hydrogen (secondary N) is 2. The van der Waals surface area contributed by atoms with Gasteiger partial charge in [0, 0.05) is 37.8 Å². The number of morpholine rings is 1. The van der Waals surface area contributed by atoms with E-state index in [1.54, 1.807) is 29.2 Å². The van der Waals surface area contributed by atoms with Crippen LogP contribution in [-0.4, -0.2) is 55.5 Å². The molecule has 1 fully saturated rings. The number of carbonyl (C=O) groups is 3. The van der Waals surface area contributed by atoms with E-state index < -0.39 is 0 Å². The quantitative estimate of drug-likeness (QED) is 0.815. The zero-order chi connectivity index (χ0) is 15.9. The highest BCUT2D eigenvalue weighted by atomic mass is 16.5. The molecule has 1 aromatic carbocycles. The molecule has 0 saturated carbocycles. The van der Waals surface area contributed by atoms with E-state index in [1.165, 1.54) is 6.92 Å². The smallest absolute Gasteiger partial charge is 0.251 e. The molecule has 0 radical (unpaired) electrons. The van der Waals surface area contributed by atoms with Gasteiger partial charge in [0.15, 0.2) is 0 Å². The summed E-state index contributed by atoms with van der Waals surface area (Å²) in [7, 11) is 0. The fourth-order valence-corrected chi connectivity index (χ4v) is 2.13. The molecule has 1 saturated heterocycles. The first-order valence-electron chi connectivity index (χ1n) is 7.07. The normalized spacial score (nSPS) is 14.6. The zero-order valence-corrected chi connectivity index (χ0v) is 12.4. The zero-order valence-electron chi connectivity index (χ0n) is 12.4. The van der Waals surface area contributed by atoms with Crippen molar-refractivity contribution in [2.45, 2.75) is 6.92 Å². The lowest BCUT2D eigenvalue weighted by atomic mass is 10.2. The van der Waals surface area contributed by atoms with Crippen LogP contribution in [0.25, 0.3) is 0 Å². The van der Waals surface area contributed by atoms with Crippen molar-refractivity contribution < 1.29 is 19.1 Å². The fraction of sp³-hybridized carbons (Fsp3) is 0.400. The van der Waals surface area contributed by atoms with Gasteiger partial charge in [0.25, 0.3) is 5.91 Å². The largest absolute Gasteiger partial charge is 0.370 e. The number of ether oxygens (including phenoxy) is 1. The van der Waals surface area contributed by atoms with Crippen molar-refractivity contribution >= 4 is 23.4 Å². The highest BCUT2D eigenvalue weighted by Gasteiger charge is 2.18. The van der Waals surface area contributed by atoms with Gasteiger partial charge >= 0.3 is 0 Å². The maximum atomic E-state index is 12.1. The lowest BCUT2D eigenvalue weighted by Crippen LogP contribution is -2.45. The van der Waals surface area contributed by atoms with Crippen molar-refractivity contribution in [1.82, 2.24) is 10.2 Å².